The van der Waals surface area contributed by atoms with E-state index in [-0.39, 0.29) is 6.04 Å². The average molecular weight is 252 g/mol. The van der Waals surface area contributed by atoms with Gasteiger partial charge in [0, 0.05) is 24.0 Å². The zero-order valence-corrected chi connectivity index (χ0v) is 10.8. The highest BCUT2D eigenvalue weighted by atomic mass is 15.2. The molecule has 0 spiro atoms. The lowest BCUT2D eigenvalue weighted by molar-refractivity contribution is 0.596. The van der Waals surface area contributed by atoms with Crippen LogP contribution >= 0.6 is 0 Å². The maximum atomic E-state index is 4.37. The van der Waals surface area contributed by atoms with Gasteiger partial charge in [0.15, 0.2) is 0 Å². The quantitative estimate of drug-likeness (QED) is 0.774. The van der Waals surface area contributed by atoms with Crippen LogP contribution in [0.5, 0.6) is 0 Å². The minimum Gasteiger partial charge on any atom is -0.313 e. The minimum absolute atomic E-state index is 0.240. The molecule has 0 radical (unpaired) electrons. The number of nitrogens with zero attached hydrogens (tertiary/aromatic N) is 3. The number of aromatic nitrogens is 3. The summed E-state index contributed by atoms with van der Waals surface area (Å²) in [6.07, 6.45) is 8.33. The van der Waals surface area contributed by atoms with Crippen molar-refractivity contribution in [1.29, 1.82) is 0 Å². The van der Waals surface area contributed by atoms with Gasteiger partial charge in [0.25, 0.3) is 0 Å². The lowest BCUT2D eigenvalue weighted by Gasteiger charge is -2.15. The molecule has 0 fully saturated rings. The first-order chi connectivity index (χ1) is 9.38. The maximum Gasteiger partial charge on any atom is 0.0892 e. The zero-order chi connectivity index (χ0) is 13.1. The van der Waals surface area contributed by atoms with Gasteiger partial charge < -0.3 is 5.32 Å². The third-order valence-corrected chi connectivity index (χ3v) is 3.36. The van der Waals surface area contributed by atoms with Crippen LogP contribution in [0.4, 0.5) is 0 Å². The zero-order valence-electron chi connectivity index (χ0n) is 10.8. The van der Waals surface area contributed by atoms with Gasteiger partial charge in [-0.3, -0.25) is 4.98 Å². The van der Waals surface area contributed by atoms with E-state index in [0.29, 0.717) is 0 Å². The second kappa shape index (κ2) is 5.20. The predicted molar refractivity (Wildman–Crippen MR) is 74.9 cm³/mol. The Morgan fingerprint density at radius 3 is 2.84 bits per heavy atom. The molecule has 1 aromatic carbocycles. The predicted octanol–water partition coefficient (Wildman–Crippen LogP) is 2.23. The van der Waals surface area contributed by atoms with E-state index in [1.165, 1.54) is 11.1 Å². The summed E-state index contributed by atoms with van der Waals surface area (Å²) in [4.78, 5) is 4.18. The molecule has 0 aliphatic rings. The van der Waals surface area contributed by atoms with Gasteiger partial charge in [-0.25, -0.2) is 4.52 Å². The monoisotopic (exact) mass is 252 g/mol. The standard InChI is InChI=1S/C15H16N4/c1-16-14(9-12-5-3-2-4-6-12)13-10-18-19-8-7-17-11-15(13)19/h2-8,10-11,14,16H,9H2,1H3. The van der Waals surface area contributed by atoms with Crippen molar-refractivity contribution in [3.05, 3.63) is 66.2 Å². The Morgan fingerprint density at radius 2 is 2.05 bits per heavy atom. The van der Waals surface area contributed by atoms with E-state index in [1.54, 1.807) is 6.20 Å². The molecule has 3 aromatic rings. The molecule has 0 bridgehead atoms. The number of benzene rings is 1. The second-order valence-electron chi connectivity index (χ2n) is 4.54. The Balaban J connectivity index is 1.94. The van der Waals surface area contributed by atoms with Crippen molar-refractivity contribution in [2.75, 3.05) is 7.05 Å². The van der Waals surface area contributed by atoms with E-state index in [4.69, 9.17) is 0 Å². The topological polar surface area (TPSA) is 42.2 Å². The smallest absolute Gasteiger partial charge is 0.0892 e. The third-order valence-electron chi connectivity index (χ3n) is 3.36. The molecule has 4 heteroatoms. The number of likely N-dealkylation sites (N-methyl/N-ethyl adjacent to an activating group) is 1. The van der Waals surface area contributed by atoms with E-state index < -0.39 is 0 Å². The summed E-state index contributed by atoms with van der Waals surface area (Å²) in [6.45, 7) is 0. The minimum atomic E-state index is 0.240. The average Bonchev–Trinajstić information content (AvgIpc) is 2.90. The molecule has 1 unspecified atom stereocenters. The summed E-state index contributed by atoms with van der Waals surface area (Å²) >= 11 is 0. The van der Waals surface area contributed by atoms with Crippen LogP contribution in [0.15, 0.2) is 55.1 Å². The lowest BCUT2D eigenvalue weighted by Crippen LogP contribution is -2.18. The van der Waals surface area contributed by atoms with Crippen molar-refractivity contribution in [2.24, 2.45) is 0 Å². The first kappa shape index (κ1) is 11.9. The van der Waals surface area contributed by atoms with E-state index in [2.05, 4.69) is 39.7 Å². The number of fused-ring (bicyclic) bond motifs is 1. The molecule has 0 aliphatic heterocycles. The molecule has 2 heterocycles. The first-order valence-electron chi connectivity index (χ1n) is 6.37. The fraction of sp³-hybridized carbons (Fsp3) is 0.200. The van der Waals surface area contributed by atoms with E-state index >= 15 is 0 Å². The number of hydrogen-bond acceptors (Lipinski definition) is 3. The highest BCUT2D eigenvalue weighted by Gasteiger charge is 2.15. The van der Waals surface area contributed by atoms with Gasteiger partial charge in [0.2, 0.25) is 0 Å². The SMILES string of the molecule is CNC(Cc1ccccc1)c1cnn2ccncc12. The molecule has 2 aromatic heterocycles. The van der Waals surface area contributed by atoms with Crippen LogP contribution in [-0.4, -0.2) is 21.6 Å². The van der Waals surface area contributed by atoms with Crippen LogP contribution in [0, 0.1) is 0 Å². The Hall–Kier alpha value is -2.20. The van der Waals surface area contributed by atoms with Crippen LogP contribution in [0.1, 0.15) is 17.2 Å². The molecule has 1 atom stereocenters. The van der Waals surface area contributed by atoms with Gasteiger partial charge in [-0.05, 0) is 19.0 Å². The van der Waals surface area contributed by atoms with Crippen molar-refractivity contribution >= 4 is 5.52 Å². The van der Waals surface area contributed by atoms with Gasteiger partial charge in [0.1, 0.15) is 0 Å². The van der Waals surface area contributed by atoms with Crippen LogP contribution in [-0.2, 0) is 6.42 Å². The summed E-state index contributed by atoms with van der Waals surface area (Å²) in [6, 6.07) is 10.7. The highest BCUT2D eigenvalue weighted by molar-refractivity contribution is 5.53. The lowest BCUT2D eigenvalue weighted by atomic mass is 10.0. The van der Waals surface area contributed by atoms with Crippen LogP contribution in [0.25, 0.3) is 5.52 Å². The largest absolute Gasteiger partial charge is 0.313 e. The van der Waals surface area contributed by atoms with Gasteiger partial charge in [-0.1, -0.05) is 30.3 Å². The van der Waals surface area contributed by atoms with Gasteiger partial charge >= 0.3 is 0 Å². The van der Waals surface area contributed by atoms with Crippen LogP contribution in [0.3, 0.4) is 0 Å². The normalized spacial score (nSPS) is 12.7. The van der Waals surface area contributed by atoms with E-state index in [1.807, 2.05) is 36.2 Å². The van der Waals surface area contributed by atoms with Gasteiger partial charge in [0.05, 0.1) is 17.9 Å². The Morgan fingerprint density at radius 1 is 1.21 bits per heavy atom. The first-order valence-corrected chi connectivity index (χ1v) is 6.37. The Bertz CT molecular complexity index is 660. The summed E-state index contributed by atoms with van der Waals surface area (Å²) in [5.41, 5.74) is 3.54. The van der Waals surface area contributed by atoms with Crippen LogP contribution in [0.2, 0.25) is 0 Å². The second-order valence-corrected chi connectivity index (χ2v) is 4.54. The molecule has 0 aliphatic carbocycles. The summed E-state index contributed by atoms with van der Waals surface area (Å²) in [7, 11) is 1.98. The Labute approximate surface area is 112 Å². The van der Waals surface area contributed by atoms with Crippen molar-refractivity contribution in [3.8, 4) is 0 Å². The molecule has 1 N–H and O–H groups in total. The maximum absolute atomic E-state index is 4.37. The van der Waals surface area contributed by atoms with Crippen molar-refractivity contribution in [3.63, 3.8) is 0 Å². The molecular formula is C15H16N4. The summed E-state index contributed by atoms with van der Waals surface area (Å²) in [5, 5.41) is 7.73. The van der Waals surface area contributed by atoms with Gasteiger partial charge in [-0.15, -0.1) is 0 Å². The molecule has 3 rings (SSSR count). The van der Waals surface area contributed by atoms with Crippen molar-refractivity contribution in [2.45, 2.75) is 12.5 Å². The van der Waals surface area contributed by atoms with E-state index in [9.17, 15) is 0 Å². The van der Waals surface area contributed by atoms with Gasteiger partial charge in [-0.2, -0.15) is 5.10 Å². The van der Waals surface area contributed by atoms with Crippen molar-refractivity contribution in [1.82, 2.24) is 19.9 Å². The van der Waals surface area contributed by atoms with Crippen molar-refractivity contribution < 1.29 is 0 Å². The Kier molecular flexibility index (Phi) is 3.25. The molecule has 0 saturated carbocycles. The molecular weight excluding hydrogens is 236 g/mol. The number of nitrogens with one attached hydrogen (secondary N) is 1. The van der Waals surface area contributed by atoms with Crippen LogP contribution < -0.4 is 5.32 Å². The molecule has 96 valence electrons. The molecule has 4 nitrogen and oxygen atoms in total. The number of hydrogen-bond donors (Lipinski definition) is 1. The molecule has 0 amide bonds. The van der Waals surface area contributed by atoms with E-state index in [0.717, 1.165) is 11.9 Å². The third kappa shape index (κ3) is 2.35. The fourth-order valence-electron chi connectivity index (χ4n) is 2.34. The fourth-order valence-corrected chi connectivity index (χ4v) is 2.34. The molecule has 19 heavy (non-hydrogen) atoms. The number of rotatable bonds is 4. The summed E-state index contributed by atoms with van der Waals surface area (Å²) in [5.74, 6) is 0. The molecule has 0 saturated heterocycles. The highest BCUT2D eigenvalue weighted by Crippen LogP contribution is 2.21. The summed E-state index contributed by atoms with van der Waals surface area (Å²) < 4.78 is 1.86.